The molecule has 0 rings (SSSR count). The SMILES string of the molecule is CCCCCCCCCCCCCCCC(=O)O[C@H](COC(=O)CCCCCCCCCCCC(C)C)COP(=O)(O)OC[C@H](O)COP(=O)(O)OC[C@@H](COC(=O)CCCCCCCCCCCCCCCCCCCCC(C)C)OC(=O)CCCCCCCCCCCCCCCCCCCCC(C)C. The Labute approximate surface area is 658 Å². The first-order valence-electron chi connectivity index (χ1n) is 45.3. The molecule has 0 amide bonds. The lowest BCUT2D eigenvalue weighted by atomic mass is 10.0. The van der Waals surface area contributed by atoms with E-state index in [1.807, 2.05) is 0 Å². The minimum Gasteiger partial charge on any atom is -0.462 e. The lowest BCUT2D eigenvalue weighted by Gasteiger charge is -2.21. The molecule has 2 unspecified atom stereocenters. The highest BCUT2D eigenvalue weighted by atomic mass is 31.2. The number of esters is 4. The van der Waals surface area contributed by atoms with Crippen LogP contribution >= 0.6 is 15.6 Å². The topological polar surface area (TPSA) is 237 Å². The molecule has 0 aliphatic rings. The number of rotatable bonds is 86. The Bertz CT molecular complexity index is 2060. The van der Waals surface area contributed by atoms with Crippen molar-refractivity contribution < 1.29 is 80.2 Å². The van der Waals surface area contributed by atoms with Gasteiger partial charge in [-0.05, 0) is 43.4 Å². The summed E-state index contributed by atoms with van der Waals surface area (Å²) in [5, 5.41) is 10.7. The number of hydrogen-bond donors (Lipinski definition) is 3. The van der Waals surface area contributed by atoms with Crippen LogP contribution in [0.4, 0.5) is 0 Å². The predicted octanol–water partition coefficient (Wildman–Crippen LogP) is 26.9. The third-order valence-corrected chi connectivity index (χ3v) is 22.5. The van der Waals surface area contributed by atoms with Crippen LogP contribution in [0, 0.1) is 17.8 Å². The van der Waals surface area contributed by atoms with Gasteiger partial charge in [-0.1, -0.05) is 414 Å². The van der Waals surface area contributed by atoms with E-state index in [0.717, 1.165) is 108 Å². The van der Waals surface area contributed by atoms with E-state index in [1.165, 1.54) is 276 Å². The van der Waals surface area contributed by atoms with Gasteiger partial charge in [-0.15, -0.1) is 0 Å². The molecular weight excluding hydrogens is 1390 g/mol. The molecule has 0 aliphatic heterocycles. The van der Waals surface area contributed by atoms with Crippen molar-refractivity contribution >= 4 is 39.5 Å². The fourth-order valence-electron chi connectivity index (χ4n) is 13.7. The van der Waals surface area contributed by atoms with Gasteiger partial charge in [0.1, 0.15) is 19.3 Å². The van der Waals surface area contributed by atoms with Gasteiger partial charge in [-0.2, -0.15) is 0 Å². The van der Waals surface area contributed by atoms with Crippen molar-refractivity contribution in [3.8, 4) is 0 Å². The lowest BCUT2D eigenvalue weighted by molar-refractivity contribution is -0.161. The Hall–Kier alpha value is -1.94. The van der Waals surface area contributed by atoms with Crippen LogP contribution < -0.4 is 0 Å². The number of hydrogen-bond acceptors (Lipinski definition) is 15. The van der Waals surface area contributed by atoms with Crippen LogP contribution in [0.5, 0.6) is 0 Å². The summed E-state index contributed by atoms with van der Waals surface area (Å²) in [5.74, 6) is 0.286. The van der Waals surface area contributed by atoms with Crippen molar-refractivity contribution in [3.63, 3.8) is 0 Å². The summed E-state index contributed by atoms with van der Waals surface area (Å²) in [6.07, 6.45) is 69.5. The molecule has 0 fully saturated rings. The number of aliphatic hydroxyl groups excluding tert-OH is 1. The summed E-state index contributed by atoms with van der Waals surface area (Å²) < 4.78 is 68.9. The molecule has 17 nitrogen and oxygen atoms in total. The second-order valence-corrected chi connectivity index (χ2v) is 36.0. The van der Waals surface area contributed by atoms with Gasteiger partial charge < -0.3 is 33.8 Å². The monoisotopic (exact) mass is 1560 g/mol. The summed E-state index contributed by atoms with van der Waals surface area (Å²) in [7, 11) is -9.93. The molecule has 0 spiro atoms. The maximum atomic E-state index is 13.2. The molecule has 3 N–H and O–H groups in total. The van der Waals surface area contributed by atoms with E-state index in [1.54, 1.807) is 0 Å². The van der Waals surface area contributed by atoms with E-state index in [9.17, 15) is 43.2 Å². The van der Waals surface area contributed by atoms with Gasteiger partial charge >= 0.3 is 39.5 Å². The summed E-state index contributed by atoms with van der Waals surface area (Å²) in [5.41, 5.74) is 0. The van der Waals surface area contributed by atoms with Crippen LogP contribution in [-0.2, 0) is 65.4 Å². The summed E-state index contributed by atoms with van der Waals surface area (Å²) in [4.78, 5) is 73.3. The summed E-state index contributed by atoms with van der Waals surface area (Å²) in [6, 6.07) is 0. The zero-order valence-corrected chi connectivity index (χ0v) is 72.4. The second kappa shape index (κ2) is 78.0. The smallest absolute Gasteiger partial charge is 0.462 e. The van der Waals surface area contributed by atoms with Gasteiger partial charge in [0, 0.05) is 25.7 Å². The largest absolute Gasteiger partial charge is 0.472 e. The third-order valence-electron chi connectivity index (χ3n) is 20.6. The van der Waals surface area contributed by atoms with Gasteiger partial charge in [0.05, 0.1) is 26.4 Å². The van der Waals surface area contributed by atoms with Gasteiger partial charge in [0.25, 0.3) is 0 Å². The molecule has 0 aliphatic carbocycles. The molecule has 0 radical (unpaired) electrons. The highest BCUT2D eigenvalue weighted by Gasteiger charge is 2.31. The number of carbonyl (C=O) groups is 4. The van der Waals surface area contributed by atoms with Crippen molar-refractivity contribution in [2.45, 2.75) is 484 Å². The van der Waals surface area contributed by atoms with Crippen molar-refractivity contribution in [1.82, 2.24) is 0 Å². The fourth-order valence-corrected chi connectivity index (χ4v) is 15.3. The highest BCUT2D eigenvalue weighted by molar-refractivity contribution is 7.47. The quantitative estimate of drug-likeness (QED) is 0.0222. The minimum absolute atomic E-state index is 0.107. The highest BCUT2D eigenvalue weighted by Crippen LogP contribution is 2.45. The first kappa shape index (κ1) is 105. The molecular formula is C88H172O17P2. The standard InChI is InChI=1S/C88H172O17P2/c1-8-9-10-11-12-13-14-27-35-42-50-57-64-71-87(92)105-84(76-99-86(91)70-63-56-49-44-37-40-47-54-61-68-81(6)7)78-103-107(96,97)101-74-82(89)73-100-106(94,95)102-77-83(104-88(93)72-65-58-51-43-36-31-26-22-18-16-20-24-29-33-39-46-53-60-67-80(4)5)75-98-85(90)69-62-55-48-41-34-30-25-21-17-15-19-23-28-32-38-45-52-59-66-79(2)3/h79-84,89H,8-78H2,1-7H3,(H,94,95)(H,96,97)/t82-,83-,84-/m1/s1. The third kappa shape index (κ3) is 81.9. The van der Waals surface area contributed by atoms with Crippen LogP contribution in [-0.4, -0.2) is 96.7 Å². The normalized spacial score (nSPS) is 13.8. The van der Waals surface area contributed by atoms with Crippen molar-refractivity contribution in [2.75, 3.05) is 39.6 Å². The molecule has 0 heterocycles. The number of phosphoric acid groups is 2. The molecule has 0 saturated carbocycles. The molecule has 0 aromatic heterocycles. The fraction of sp³-hybridized carbons (Fsp3) is 0.955. The molecule has 107 heavy (non-hydrogen) atoms. The number of aliphatic hydroxyl groups is 1. The summed E-state index contributed by atoms with van der Waals surface area (Å²) >= 11 is 0. The number of phosphoric ester groups is 2. The Morgan fingerprint density at radius 2 is 0.430 bits per heavy atom. The van der Waals surface area contributed by atoms with Gasteiger partial charge in [-0.3, -0.25) is 37.3 Å². The van der Waals surface area contributed by atoms with E-state index >= 15 is 0 Å². The van der Waals surface area contributed by atoms with Crippen molar-refractivity contribution in [2.24, 2.45) is 17.8 Å². The predicted molar refractivity (Wildman–Crippen MR) is 441 cm³/mol. The van der Waals surface area contributed by atoms with Crippen molar-refractivity contribution in [1.29, 1.82) is 0 Å². The Kier molecular flexibility index (Phi) is 76.6. The molecule has 0 aromatic carbocycles. The zero-order valence-electron chi connectivity index (χ0n) is 70.6. The Balaban J connectivity index is 5.23. The first-order chi connectivity index (χ1) is 51.7. The lowest BCUT2D eigenvalue weighted by Crippen LogP contribution is -2.30. The molecule has 0 aromatic rings. The van der Waals surface area contributed by atoms with E-state index < -0.39 is 97.5 Å². The van der Waals surface area contributed by atoms with Gasteiger partial charge in [-0.25, -0.2) is 9.13 Å². The van der Waals surface area contributed by atoms with E-state index in [0.29, 0.717) is 25.7 Å². The molecule has 0 saturated heterocycles. The molecule has 19 heteroatoms. The van der Waals surface area contributed by atoms with Gasteiger partial charge in [0.2, 0.25) is 0 Å². The van der Waals surface area contributed by atoms with Crippen LogP contribution in [0.3, 0.4) is 0 Å². The summed E-state index contributed by atoms with van der Waals surface area (Å²) in [6.45, 7) is 12.0. The van der Waals surface area contributed by atoms with E-state index in [2.05, 4.69) is 48.5 Å². The minimum atomic E-state index is -4.97. The maximum absolute atomic E-state index is 13.2. The average molecular weight is 1560 g/mol. The van der Waals surface area contributed by atoms with Crippen LogP contribution in [0.25, 0.3) is 0 Å². The van der Waals surface area contributed by atoms with E-state index in [-0.39, 0.29) is 25.7 Å². The van der Waals surface area contributed by atoms with Crippen molar-refractivity contribution in [3.05, 3.63) is 0 Å². The Morgan fingerprint density at radius 3 is 0.636 bits per heavy atom. The zero-order chi connectivity index (χ0) is 78.6. The van der Waals surface area contributed by atoms with Crippen LogP contribution in [0.2, 0.25) is 0 Å². The number of unbranched alkanes of at least 4 members (excludes halogenated alkanes) is 54. The number of ether oxygens (including phenoxy) is 4. The average Bonchev–Trinajstić information content (AvgIpc) is 0.904. The van der Waals surface area contributed by atoms with E-state index in [4.69, 9.17) is 37.0 Å². The van der Waals surface area contributed by atoms with Gasteiger partial charge in [0.15, 0.2) is 12.2 Å². The number of carbonyl (C=O) groups excluding carboxylic acids is 4. The molecule has 5 atom stereocenters. The van der Waals surface area contributed by atoms with Crippen LogP contribution in [0.15, 0.2) is 0 Å². The Morgan fingerprint density at radius 1 is 0.252 bits per heavy atom. The van der Waals surface area contributed by atoms with Crippen LogP contribution in [0.1, 0.15) is 466 Å². The first-order valence-corrected chi connectivity index (χ1v) is 48.3. The molecule has 0 bridgehead atoms. The molecule has 636 valence electrons. The maximum Gasteiger partial charge on any atom is 0.472 e. The second-order valence-electron chi connectivity index (χ2n) is 33.1.